The van der Waals surface area contributed by atoms with Crippen LogP contribution in [-0.4, -0.2) is 67.3 Å². The number of furan rings is 1. The van der Waals surface area contributed by atoms with Crippen LogP contribution in [0.15, 0.2) is 53.2 Å². The lowest BCUT2D eigenvalue weighted by Crippen LogP contribution is -2.39. The van der Waals surface area contributed by atoms with Crippen molar-refractivity contribution in [3.8, 4) is 0 Å². The number of rotatable bonds is 6. The lowest BCUT2D eigenvalue weighted by atomic mass is 10.2. The Hall–Kier alpha value is -3.92. The summed E-state index contributed by atoms with van der Waals surface area (Å²) in [7, 11) is 0. The molecule has 2 N–H and O–H groups in total. The maximum absolute atomic E-state index is 10.6. The molecule has 0 bridgehead atoms. The van der Waals surface area contributed by atoms with E-state index in [1.807, 2.05) is 43.5 Å². The molecule has 0 fully saturated rings. The van der Waals surface area contributed by atoms with Crippen LogP contribution < -0.4 is 0 Å². The Balaban J connectivity index is 0.000000317. The smallest absolute Gasteiger partial charge is 0.475 e. The third kappa shape index (κ3) is 10.8. The fourth-order valence-electron chi connectivity index (χ4n) is 3.28. The SMILES string of the molecule is Cc1ccc(CN2Cc3ccnn3C(COCc3ccccn3)C2)o1.O=C(O)C(F)(F)F.O=C(O)C(F)(F)F. The first-order chi connectivity index (χ1) is 18.2. The minimum atomic E-state index is -5.08. The van der Waals surface area contributed by atoms with Crippen molar-refractivity contribution in [1.29, 1.82) is 0 Å². The molecule has 214 valence electrons. The van der Waals surface area contributed by atoms with Gasteiger partial charge in [0.2, 0.25) is 0 Å². The Labute approximate surface area is 217 Å². The predicted molar refractivity (Wildman–Crippen MR) is 120 cm³/mol. The summed E-state index contributed by atoms with van der Waals surface area (Å²) in [5.41, 5.74) is 2.16. The number of ether oxygens (including phenoxy) is 1. The lowest BCUT2D eigenvalue weighted by Gasteiger charge is -2.33. The largest absolute Gasteiger partial charge is 0.490 e. The molecule has 39 heavy (non-hydrogen) atoms. The number of fused-ring (bicyclic) bond motifs is 1. The Bertz CT molecular complexity index is 1170. The number of aryl methyl sites for hydroxylation is 1. The van der Waals surface area contributed by atoms with E-state index in [0.29, 0.717) is 13.2 Å². The number of hydrogen-bond acceptors (Lipinski definition) is 7. The monoisotopic (exact) mass is 566 g/mol. The molecule has 0 radical (unpaired) electrons. The Morgan fingerprint density at radius 3 is 2.18 bits per heavy atom. The summed E-state index contributed by atoms with van der Waals surface area (Å²) in [4.78, 5) is 24.5. The highest BCUT2D eigenvalue weighted by Crippen LogP contribution is 2.23. The summed E-state index contributed by atoms with van der Waals surface area (Å²) in [5, 5.41) is 18.7. The molecule has 0 aromatic carbocycles. The maximum atomic E-state index is 10.6. The van der Waals surface area contributed by atoms with E-state index < -0.39 is 24.3 Å². The fraction of sp³-hybridized carbons (Fsp3) is 0.391. The molecular formula is C23H24F6N4O6. The molecule has 16 heteroatoms. The van der Waals surface area contributed by atoms with Crippen molar-refractivity contribution >= 4 is 11.9 Å². The van der Waals surface area contributed by atoms with E-state index in [1.54, 1.807) is 6.20 Å². The Morgan fingerprint density at radius 1 is 1.03 bits per heavy atom. The van der Waals surface area contributed by atoms with Gasteiger partial charge in [0.1, 0.15) is 11.5 Å². The highest BCUT2D eigenvalue weighted by atomic mass is 19.4. The van der Waals surface area contributed by atoms with E-state index in [2.05, 4.69) is 25.7 Å². The van der Waals surface area contributed by atoms with Crippen molar-refractivity contribution in [2.45, 2.75) is 45.0 Å². The number of nitrogens with zero attached hydrogens (tertiary/aromatic N) is 4. The number of carboxylic acids is 2. The van der Waals surface area contributed by atoms with Gasteiger partial charge in [-0.25, -0.2) is 9.59 Å². The molecule has 0 saturated heterocycles. The molecule has 4 heterocycles. The molecule has 1 aliphatic heterocycles. The number of pyridine rings is 1. The van der Waals surface area contributed by atoms with Crippen molar-refractivity contribution in [3.05, 3.63) is 71.7 Å². The third-order valence-electron chi connectivity index (χ3n) is 4.90. The van der Waals surface area contributed by atoms with Gasteiger partial charge < -0.3 is 19.4 Å². The lowest BCUT2D eigenvalue weighted by molar-refractivity contribution is -0.193. The molecule has 0 spiro atoms. The number of carboxylic acid groups (broad SMARTS) is 2. The van der Waals surface area contributed by atoms with Crippen molar-refractivity contribution in [1.82, 2.24) is 19.7 Å². The average Bonchev–Trinajstić information content (AvgIpc) is 3.48. The highest BCUT2D eigenvalue weighted by molar-refractivity contribution is 5.73. The zero-order valence-electron chi connectivity index (χ0n) is 20.3. The van der Waals surface area contributed by atoms with Gasteiger partial charge in [0.05, 0.1) is 37.2 Å². The normalized spacial score (nSPS) is 15.3. The molecule has 4 rings (SSSR count). The number of carbonyl (C=O) groups is 2. The van der Waals surface area contributed by atoms with Gasteiger partial charge in [0.25, 0.3) is 0 Å². The number of aromatic nitrogens is 3. The predicted octanol–water partition coefficient (Wildman–Crippen LogP) is 4.22. The van der Waals surface area contributed by atoms with E-state index in [1.165, 1.54) is 5.69 Å². The molecule has 0 amide bonds. The quantitative estimate of drug-likeness (QED) is 0.421. The van der Waals surface area contributed by atoms with Gasteiger partial charge >= 0.3 is 24.3 Å². The maximum Gasteiger partial charge on any atom is 0.490 e. The fourth-order valence-corrected chi connectivity index (χ4v) is 3.28. The summed E-state index contributed by atoms with van der Waals surface area (Å²) in [6.45, 7) is 5.66. The first-order valence-electron chi connectivity index (χ1n) is 11.0. The van der Waals surface area contributed by atoms with Gasteiger partial charge in [-0.05, 0) is 37.3 Å². The average molecular weight is 566 g/mol. The van der Waals surface area contributed by atoms with Crippen LogP contribution in [0, 0.1) is 6.92 Å². The minimum Gasteiger partial charge on any atom is -0.475 e. The van der Waals surface area contributed by atoms with Crippen LogP contribution in [0.2, 0.25) is 0 Å². The van der Waals surface area contributed by atoms with Crippen LogP contribution in [0.3, 0.4) is 0 Å². The summed E-state index contributed by atoms with van der Waals surface area (Å²) in [6.07, 6.45) is -6.51. The number of aliphatic carboxylic acids is 2. The van der Waals surface area contributed by atoms with E-state index in [0.717, 1.165) is 36.8 Å². The van der Waals surface area contributed by atoms with E-state index in [9.17, 15) is 26.3 Å². The van der Waals surface area contributed by atoms with Crippen molar-refractivity contribution in [2.24, 2.45) is 0 Å². The standard InChI is InChI=1S/C19H22N4O2.2C2HF3O2/c1-15-5-6-19(25-15)12-22-10-17-7-9-21-23(17)18(11-22)14-24-13-16-4-2-3-8-20-16;2*3-2(4,5)1(6)7/h2-9,18H,10-14H2,1H3;2*(H,6,7). The van der Waals surface area contributed by atoms with Crippen LogP contribution in [0.4, 0.5) is 26.3 Å². The van der Waals surface area contributed by atoms with Crippen LogP contribution >= 0.6 is 0 Å². The molecule has 10 nitrogen and oxygen atoms in total. The van der Waals surface area contributed by atoms with Gasteiger partial charge in [-0.3, -0.25) is 14.6 Å². The second-order valence-corrected chi connectivity index (χ2v) is 8.04. The number of halogens is 6. The van der Waals surface area contributed by atoms with Crippen LogP contribution in [-0.2, 0) is 34.0 Å². The first kappa shape index (κ1) is 31.3. The highest BCUT2D eigenvalue weighted by Gasteiger charge is 2.38. The molecule has 1 atom stereocenters. The second kappa shape index (κ2) is 13.7. The number of hydrogen-bond donors (Lipinski definition) is 2. The molecular weight excluding hydrogens is 542 g/mol. The topological polar surface area (TPSA) is 131 Å². The minimum absolute atomic E-state index is 0.193. The van der Waals surface area contributed by atoms with Crippen LogP contribution in [0.25, 0.3) is 0 Å². The van der Waals surface area contributed by atoms with Gasteiger partial charge in [0, 0.05) is 25.5 Å². The summed E-state index contributed by atoms with van der Waals surface area (Å²) in [5.74, 6) is -3.56. The van der Waals surface area contributed by atoms with Gasteiger partial charge in [-0.2, -0.15) is 31.4 Å². The van der Waals surface area contributed by atoms with E-state index in [-0.39, 0.29) is 6.04 Å². The Morgan fingerprint density at radius 2 is 1.67 bits per heavy atom. The molecule has 0 aliphatic carbocycles. The summed E-state index contributed by atoms with van der Waals surface area (Å²) in [6, 6.07) is 12.2. The summed E-state index contributed by atoms with van der Waals surface area (Å²) < 4.78 is 77.2. The molecule has 1 aliphatic rings. The second-order valence-electron chi connectivity index (χ2n) is 8.04. The van der Waals surface area contributed by atoms with Crippen molar-refractivity contribution in [3.63, 3.8) is 0 Å². The first-order valence-corrected chi connectivity index (χ1v) is 11.0. The van der Waals surface area contributed by atoms with Gasteiger partial charge in [-0.15, -0.1) is 0 Å². The zero-order valence-corrected chi connectivity index (χ0v) is 20.3. The van der Waals surface area contributed by atoms with E-state index in [4.69, 9.17) is 29.0 Å². The van der Waals surface area contributed by atoms with Gasteiger partial charge in [0.15, 0.2) is 0 Å². The summed E-state index contributed by atoms with van der Waals surface area (Å²) >= 11 is 0. The molecule has 3 aromatic heterocycles. The number of alkyl halides is 6. The molecule has 1 unspecified atom stereocenters. The third-order valence-corrected chi connectivity index (χ3v) is 4.90. The zero-order chi connectivity index (χ0) is 29.2. The molecule has 0 saturated carbocycles. The van der Waals surface area contributed by atoms with Crippen molar-refractivity contribution in [2.75, 3.05) is 13.2 Å². The Kier molecular flexibility index (Phi) is 11.0. The van der Waals surface area contributed by atoms with Crippen LogP contribution in [0.5, 0.6) is 0 Å². The van der Waals surface area contributed by atoms with Crippen molar-refractivity contribution < 1.29 is 55.3 Å². The van der Waals surface area contributed by atoms with Crippen LogP contribution in [0.1, 0.15) is 29.0 Å². The molecule has 3 aromatic rings. The van der Waals surface area contributed by atoms with E-state index >= 15 is 0 Å². The van der Waals surface area contributed by atoms with Gasteiger partial charge in [-0.1, -0.05) is 6.07 Å².